The molecule has 0 saturated carbocycles. The maximum absolute atomic E-state index is 12.4. The van der Waals surface area contributed by atoms with Crippen LogP contribution in [0.5, 0.6) is 5.75 Å². The summed E-state index contributed by atoms with van der Waals surface area (Å²) in [5.41, 5.74) is -0.663. The number of rotatable bonds is 3. The zero-order valence-corrected chi connectivity index (χ0v) is 13.5. The lowest BCUT2D eigenvalue weighted by atomic mass is 10.2. The Morgan fingerprint density at radius 1 is 1.05 bits per heavy atom. The minimum Gasteiger partial charge on any atom is -0.379 e. The predicted octanol–water partition coefficient (Wildman–Crippen LogP) is 0.469. The number of aromatic nitrogens is 2. The molecule has 0 fully saturated rings. The van der Waals surface area contributed by atoms with Crippen LogP contribution in [-0.4, -0.2) is 17.6 Å². The fourth-order valence-corrected chi connectivity index (χ4v) is 3.33. The predicted molar refractivity (Wildman–Crippen MR) is 80.7 cm³/mol. The van der Waals surface area contributed by atoms with E-state index < -0.39 is 26.3 Å². The summed E-state index contributed by atoms with van der Waals surface area (Å²) in [7, 11) is -1.74. The van der Waals surface area contributed by atoms with Crippen LogP contribution in [0.3, 0.4) is 0 Å². The molecule has 0 atom stereocenters. The SMILES string of the molecule is Cc1cccc(OS(=O)(=O)c2c(C)n(C)c(=O)n(C)c2=O)c1. The summed E-state index contributed by atoms with van der Waals surface area (Å²) in [4.78, 5) is 23.4. The summed E-state index contributed by atoms with van der Waals surface area (Å²) in [6.07, 6.45) is 0. The maximum atomic E-state index is 12.4. The summed E-state index contributed by atoms with van der Waals surface area (Å²) >= 11 is 0. The van der Waals surface area contributed by atoms with Crippen LogP contribution in [0.2, 0.25) is 0 Å². The van der Waals surface area contributed by atoms with Crippen molar-refractivity contribution in [2.24, 2.45) is 14.1 Å². The van der Waals surface area contributed by atoms with Crippen molar-refractivity contribution in [2.45, 2.75) is 18.7 Å². The molecule has 2 rings (SSSR count). The Morgan fingerprint density at radius 3 is 2.27 bits per heavy atom. The standard InChI is InChI=1S/C14H16N2O5S/c1-9-6-5-7-11(8-9)21-22(19,20)12-10(2)15(3)14(18)16(4)13(12)17/h5-8H,1-4H3. The van der Waals surface area contributed by atoms with Crippen LogP contribution in [-0.2, 0) is 24.2 Å². The first-order valence-electron chi connectivity index (χ1n) is 6.43. The molecule has 0 aliphatic rings. The van der Waals surface area contributed by atoms with Crippen molar-refractivity contribution >= 4 is 10.1 Å². The van der Waals surface area contributed by atoms with Crippen LogP contribution in [0.15, 0.2) is 38.8 Å². The number of hydrogen-bond acceptors (Lipinski definition) is 5. The van der Waals surface area contributed by atoms with Gasteiger partial charge in [-0.1, -0.05) is 12.1 Å². The third-order valence-corrected chi connectivity index (χ3v) is 4.73. The molecule has 1 aromatic heterocycles. The molecule has 2 aromatic rings. The van der Waals surface area contributed by atoms with Crippen molar-refractivity contribution < 1.29 is 12.6 Å². The second-order valence-electron chi connectivity index (χ2n) is 4.97. The second kappa shape index (κ2) is 5.45. The summed E-state index contributed by atoms with van der Waals surface area (Å²) < 4.78 is 31.7. The lowest BCUT2D eigenvalue weighted by Crippen LogP contribution is -2.41. The van der Waals surface area contributed by atoms with Gasteiger partial charge in [-0.15, -0.1) is 0 Å². The first-order valence-corrected chi connectivity index (χ1v) is 7.83. The van der Waals surface area contributed by atoms with Gasteiger partial charge in [0.15, 0.2) is 4.90 Å². The minimum atomic E-state index is -4.35. The van der Waals surface area contributed by atoms with Gasteiger partial charge in [0.05, 0.1) is 0 Å². The van der Waals surface area contributed by atoms with E-state index in [0.717, 1.165) is 14.7 Å². The molecular formula is C14H16N2O5S. The average molecular weight is 324 g/mol. The molecule has 0 aliphatic carbocycles. The van der Waals surface area contributed by atoms with E-state index in [4.69, 9.17) is 4.18 Å². The molecule has 7 nitrogen and oxygen atoms in total. The molecule has 0 saturated heterocycles. The molecule has 0 unspecified atom stereocenters. The monoisotopic (exact) mass is 324 g/mol. The number of benzene rings is 1. The molecule has 8 heteroatoms. The molecular weight excluding hydrogens is 308 g/mol. The van der Waals surface area contributed by atoms with Gasteiger partial charge in [0.2, 0.25) is 0 Å². The summed E-state index contributed by atoms with van der Waals surface area (Å²) in [5, 5.41) is 0. The van der Waals surface area contributed by atoms with E-state index in [1.807, 2.05) is 0 Å². The molecule has 0 aliphatic heterocycles. The lowest BCUT2D eigenvalue weighted by molar-refractivity contribution is 0.478. The number of aryl methyl sites for hydroxylation is 1. The van der Waals surface area contributed by atoms with Crippen LogP contribution in [0.1, 0.15) is 11.3 Å². The van der Waals surface area contributed by atoms with Gasteiger partial charge in [0.1, 0.15) is 5.75 Å². The van der Waals surface area contributed by atoms with Crippen molar-refractivity contribution in [3.63, 3.8) is 0 Å². The van der Waals surface area contributed by atoms with E-state index >= 15 is 0 Å². The van der Waals surface area contributed by atoms with Crippen LogP contribution in [0.4, 0.5) is 0 Å². The molecule has 1 heterocycles. The summed E-state index contributed by atoms with van der Waals surface area (Å²) in [6, 6.07) is 6.45. The molecule has 0 radical (unpaired) electrons. The van der Waals surface area contributed by atoms with Gasteiger partial charge in [0, 0.05) is 19.8 Å². The normalized spacial score (nSPS) is 11.5. The Bertz CT molecular complexity index is 954. The second-order valence-corrected chi connectivity index (χ2v) is 6.46. The van der Waals surface area contributed by atoms with E-state index in [0.29, 0.717) is 0 Å². The van der Waals surface area contributed by atoms with Crippen LogP contribution < -0.4 is 15.4 Å². The highest BCUT2D eigenvalue weighted by Gasteiger charge is 2.27. The molecule has 0 bridgehead atoms. The minimum absolute atomic E-state index is 0.0285. The van der Waals surface area contributed by atoms with Crippen molar-refractivity contribution in [3.8, 4) is 5.75 Å². The molecule has 0 spiro atoms. The Labute approximate surface area is 127 Å². The van der Waals surface area contributed by atoms with Crippen molar-refractivity contribution in [1.29, 1.82) is 0 Å². The first-order chi connectivity index (χ1) is 10.1. The molecule has 22 heavy (non-hydrogen) atoms. The van der Waals surface area contributed by atoms with Gasteiger partial charge < -0.3 is 4.18 Å². The van der Waals surface area contributed by atoms with Crippen LogP contribution in [0.25, 0.3) is 0 Å². The van der Waals surface area contributed by atoms with Crippen LogP contribution in [0, 0.1) is 13.8 Å². The Balaban J connectivity index is 2.65. The zero-order valence-electron chi connectivity index (χ0n) is 12.7. The van der Waals surface area contributed by atoms with E-state index in [9.17, 15) is 18.0 Å². The van der Waals surface area contributed by atoms with Gasteiger partial charge in [0.25, 0.3) is 5.56 Å². The Kier molecular flexibility index (Phi) is 3.97. The summed E-state index contributed by atoms with van der Waals surface area (Å²) in [5.74, 6) is 0.107. The van der Waals surface area contributed by atoms with E-state index in [2.05, 4.69) is 0 Å². The van der Waals surface area contributed by atoms with Gasteiger partial charge >= 0.3 is 15.8 Å². The van der Waals surface area contributed by atoms with E-state index in [1.165, 1.54) is 27.1 Å². The third-order valence-electron chi connectivity index (χ3n) is 3.35. The molecule has 118 valence electrons. The first kappa shape index (κ1) is 16.0. The number of nitrogens with zero attached hydrogens (tertiary/aromatic N) is 2. The Hall–Kier alpha value is -2.35. The number of hydrogen-bond donors (Lipinski definition) is 0. The maximum Gasteiger partial charge on any atom is 0.346 e. The highest BCUT2D eigenvalue weighted by atomic mass is 32.2. The fraction of sp³-hybridized carbons (Fsp3) is 0.286. The van der Waals surface area contributed by atoms with Crippen molar-refractivity contribution in [2.75, 3.05) is 0 Å². The van der Waals surface area contributed by atoms with Gasteiger partial charge in [-0.2, -0.15) is 8.42 Å². The average Bonchev–Trinajstić information content (AvgIpc) is 2.42. The molecule has 0 N–H and O–H groups in total. The van der Waals surface area contributed by atoms with Gasteiger partial charge in [-0.05, 0) is 31.5 Å². The van der Waals surface area contributed by atoms with Crippen molar-refractivity contribution in [3.05, 3.63) is 56.4 Å². The van der Waals surface area contributed by atoms with Gasteiger partial charge in [-0.25, -0.2) is 4.79 Å². The topological polar surface area (TPSA) is 87.4 Å². The van der Waals surface area contributed by atoms with E-state index in [1.54, 1.807) is 25.1 Å². The lowest BCUT2D eigenvalue weighted by Gasteiger charge is -2.13. The van der Waals surface area contributed by atoms with Crippen LogP contribution >= 0.6 is 0 Å². The molecule has 0 amide bonds. The highest BCUT2D eigenvalue weighted by Crippen LogP contribution is 2.19. The molecule has 1 aromatic carbocycles. The zero-order chi connectivity index (χ0) is 16.7. The highest BCUT2D eigenvalue weighted by molar-refractivity contribution is 7.87. The van der Waals surface area contributed by atoms with E-state index in [-0.39, 0.29) is 11.4 Å². The fourth-order valence-electron chi connectivity index (χ4n) is 2.04. The third kappa shape index (κ3) is 2.69. The largest absolute Gasteiger partial charge is 0.379 e. The van der Waals surface area contributed by atoms with Crippen molar-refractivity contribution in [1.82, 2.24) is 9.13 Å². The van der Waals surface area contributed by atoms with Gasteiger partial charge in [-0.3, -0.25) is 13.9 Å². The summed E-state index contributed by atoms with van der Waals surface area (Å²) in [6.45, 7) is 3.17. The quantitative estimate of drug-likeness (QED) is 0.766. The smallest absolute Gasteiger partial charge is 0.346 e. The Morgan fingerprint density at radius 2 is 1.68 bits per heavy atom.